The predicted molar refractivity (Wildman–Crippen MR) is 130 cm³/mol. The molecule has 6 atom stereocenters. The van der Waals surface area contributed by atoms with Crippen LogP contribution in [0.2, 0.25) is 0 Å². The summed E-state index contributed by atoms with van der Waals surface area (Å²) in [5, 5.41) is 1.43. The van der Waals surface area contributed by atoms with Gasteiger partial charge in [0.1, 0.15) is 16.1 Å². The van der Waals surface area contributed by atoms with E-state index in [-0.39, 0.29) is 28.7 Å². The monoisotopic (exact) mass is 449 g/mol. The molecule has 1 saturated carbocycles. The van der Waals surface area contributed by atoms with Crippen LogP contribution in [0, 0.1) is 11.8 Å². The van der Waals surface area contributed by atoms with Gasteiger partial charge in [0, 0.05) is 25.3 Å². The van der Waals surface area contributed by atoms with Crippen molar-refractivity contribution >= 4 is 34.0 Å². The van der Waals surface area contributed by atoms with Crippen LogP contribution < -0.4 is 0 Å². The Kier molecular flexibility index (Phi) is 7.59. The summed E-state index contributed by atoms with van der Waals surface area (Å²) in [6.07, 6.45) is 0.992. The predicted octanol–water partition coefficient (Wildman–Crippen LogP) is 4.55. The van der Waals surface area contributed by atoms with E-state index in [4.69, 9.17) is 9.73 Å². The van der Waals surface area contributed by atoms with Gasteiger partial charge in [0.05, 0.1) is 24.5 Å². The highest BCUT2D eigenvalue weighted by atomic mass is 32.2. The van der Waals surface area contributed by atoms with Gasteiger partial charge in [-0.1, -0.05) is 53.4 Å². The number of hydrogen-bond donors (Lipinski definition) is 0. The average Bonchev–Trinajstić information content (AvgIpc) is 3.11. The van der Waals surface area contributed by atoms with E-state index in [1.807, 2.05) is 71.8 Å². The van der Waals surface area contributed by atoms with Crippen molar-refractivity contribution in [2.24, 2.45) is 21.2 Å². The molecule has 166 valence electrons. The number of rotatable bonds is 5. The molecule has 3 rings (SSSR count). The summed E-state index contributed by atoms with van der Waals surface area (Å²) >= 11 is 0.595. The molecule has 0 N–H and O–H groups in total. The third-order valence-electron chi connectivity index (χ3n) is 5.83. The molecule has 1 aromatic carbocycles. The van der Waals surface area contributed by atoms with Gasteiger partial charge in [-0.2, -0.15) is 0 Å². The molecule has 0 aromatic heterocycles. The third-order valence-corrected chi connectivity index (χ3v) is 8.79. The van der Waals surface area contributed by atoms with Crippen LogP contribution in [0.3, 0.4) is 0 Å². The summed E-state index contributed by atoms with van der Waals surface area (Å²) in [5.74, 6) is 0.490. The Labute approximate surface area is 189 Å². The van der Waals surface area contributed by atoms with Gasteiger partial charge in [0.2, 0.25) is 0 Å². The zero-order chi connectivity index (χ0) is 22.1. The molecule has 7 heteroatoms. The third kappa shape index (κ3) is 5.42. The highest BCUT2D eigenvalue weighted by Crippen LogP contribution is 2.45. The normalized spacial score (nSPS) is 30.6. The zero-order valence-corrected chi connectivity index (χ0v) is 20.8. The SMILES string of the molecule is CC(=N[S+]([O-])C(C)(C)C)[C@H]1C[C@@H]2SC(N(C)C)=N[C@@H]2[C@@H](OCc2ccccc2)[C@@H]1C. The van der Waals surface area contributed by atoms with Crippen molar-refractivity contribution in [1.82, 2.24) is 4.90 Å². The smallest absolute Gasteiger partial charge is 0.159 e. The van der Waals surface area contributed by atoms with E-state index in [2.05, 4.69) is 28.4 Å². The fraction of sp³-hybridized carbons (Fsp3) is 0.652. The topological polar surface area (TPSA) is 60.2 Å². The average molecular weight is 450 g/mol. The lowest BCUT2D eigenvalue weighted by Gasteiger charge is -2.41. The first-order valence-electron chi connectivity index (χ1n) is 10.6. The van der Waals surface area contributed by atoms with E-state index in [9.17, 15) is 4.55 Å². The highest BCUT2D eigenvalue weighted by Gasteiger charge is 2.48. The summed E-state index contributed by atoms with van der Waals surface area (Å²) < 4.78 is 23.4. The van der Waals surface area contributed by atoms with Crippen molar-refractivity contribution in [2.45, 2.75) is 69.8 Å². The number of aliphatic imine (C=N–C) groups is 1. The van der Waals surface area contributed by atoms with Crippen molar-refractivity contribution < 1.29 is 9.29 Å². The van der Waals surface area contributed by atoms with Gasteiger partial charge in [-0.15, -0.1) is 0 Å². The number of amidine groups is 1. The van der Waals surface area contributed by atoms with Crippen LogP contribution in [-0.2, 0) is 22.7 Å². The molecule has 2 aliphatic rings. The van der Waals surface area contributed by atoms with Gasteiger partial charge in [-0.25, -0.2) is 0 Å². The number of fused-ring (bicyclic) bond motifs is 1. The fourth-order valence-electron chi connectivity index (χ4n) is 4.05. The minimum absolute atomic E-state index is 0.00660. The molecule has 30 heavy (non-hydrogen) atoms. The lowest BCUT2D eigenvalue weighted by molar-refractivity contribution is -0.0342. The quantitative estimate of drug-likeness (QED) is 0.489. The molecule has 1 heterocycles. The van der Waals surface area contributed by atoms with Crippen LogP contribution in [0.25, 0.3) is 0 Å². The van der Waals surface area contributed by atoms with E-state index >= 15 is 0 Å². The first-order valence-corrected chi connectivity index (χ1v) is 12.6. The van der Waals surface area contributed by atoms with Crippen molar-refractivity contribution in [3.63, 3.8) is 0 Å². The van der Waals surface area contributed by atoms with E-state index in [1.54, 1.807) is 0 Å². The van der Waals surface area contributed by atoms with Crippen molar-refractivity contribution in [3.05, 3.63) is 35.9 Å². The van der Waals surface area contributed by atoms with Crippen molar-refractivity contribution in [3.8, 4) is 0 Å². The van der Waals surface area contributed by atoms with Crippen molar-refractivity contribution in [1.29, 1.82) is 0 Å². The van der Waals surface area contributed by atoms with E-state index in [1.165, 1.54) is 5.56 Å². The molecular formula is C23H35N3O2S2. The molecule has 5 nitrogen and oxygen atoms in total. The van der Waals surface area contributed by atoms with E-state index in [0.717, 1.165) is 17.3 Å². The summed E-state index contributed by atoms with van der Waals surface area (Å²) in [5.41, 5.74) is 2.14. The number of hydrogen-bond acceptors (Lipinski definition) is 6. The minimum atomic E-state index is -1.25. The van der Waals surface area contributed by atoms with Crippen molar-refractivity contribution in [2.75, 3.05) is 14.1 Å². The van der Waals surface area contributed by atoms with E-state index in [0.29, 0.717) is 11.9 Å². The number of ether oxygens (including phenoxy) is 1. The molecule has 0 saturated heterocycles. The zero-order valence-electron chi connectivity index (χ0n) is 19.2. The minimum Gasteiger partial charge on any atom is -0.591 e. The molecule has 0 radical (unpaired) electrons. The van der Waals surface area contributed by atoms with Crippen LogP contribution in [0.1, 0.15) is 46.6 Å². The van der Waals surface area contributed by atoms with Crippen LogP contribution in [0.15, 0.2) is 39.7 Å². The van der Waals surface area contributed by atoms with Gasteiger partial charge in [-0.3, -0.25) is 4.99 Å². The molecule has 0 amide bonds. The molecule has 0 bridgehead atoms. The van der Waals surface area contributed by atoms with E-state index < -0.39 is 11.4 Å². The lowest BCUT2D eigenvalue weighted by Crippen LogP contribution is -2.49. The Hall–Kier alpha value is -1.02. The summed E-state index contributed by atoms with van der Waals surface area (Å²) in [7, 11) is 4.09. The van der Waals surface area contributed by atoms with Gasteiger partial charge in [0.15, 0.2) is 5.17 Å². The second-order valence-electron chi connectivity index (χ2n) is 9.51. The van der Waals surface area contributed by atoms with Crippen LogP contribution in [0.5, 0.6) is 0 Å². The second-order valence-corrected chi connectivity index (χ2v) is 12.6. The molecular weight excluding hydrogens is 414 g/mol. The fourth-order valence-corrected chi connectivity index (χ4v) is 6.04. The van der Waals surface area contributed by atoms with Gasteiger partial charge < -0.3 is 14.2 Å². The second kappa shape index (κ2) is 9.63. The highest BCUT2D eigenvalue weighted by molar-refractivity contribution is 8.14. The Bertz CT molecular complexity index is 776. The molecule has 0 spiro atoms. The van der Waals surface area contributed by atoms with Crippen LogP contribution >= 0.6 is 11.8 Å². The Morgan fingerprint density at radius 3 is 2.57 bits per heavy atom. The molecule has 1 unspecified atom stereocenters. The maximum absolute atomic E-state index is 12.6. The number of nitrogens with zero attached hydrogens (tertiary/aromatic N) is 3. The molecule has 1 aliphatic heterocycles. The lowest BCUT2D eigenvalue weighted by atomic mass is 9.73. The Morgan fingerprint density at radius 1 is 1.30 bits per heavy atom. The maximum atomic E-state index is 12.6. The number of thioether (sulfide) groups is 1. The molecule has 1 aliphatic carbocycles. The summed E-state index contributed by atoms with van der Waals surface area (Å²) in [6, 6.07) is 10.4. The standard InChI is InChI=1S/C23H35N3O2S2/c1-15-18(16(2)25-30(27)23(3,4)5)13-19-20(24-22(29-19)26(6)7)21(15)28-14-17-11-9-8-10-12-17/h8-12,15,18-21H,13-14H2,1-7H3/t15-,18+,19+,20+,21+,30?/m1/s1. The first-order chi connectivity index (χ1) is 14.1. The van der Waals surface area contributed by atoms with Crippen LogP contribution in [-0.4, -0.2) is 56.6 Å². The van der Waals surface area contributed by atoms with Gasteiger partial charge in [0.25, 0.3) is 0 Å². The Morgan fingerprint density at radius 2 is 1.97 bits per heavy atom. The Balaban J connectivity index is 1.83. The maximum Gasteiger partial charge on any atom is 0.159 e. The first kappa shape index (κ1) is 23.6. The summed E-state index contributed by atoms with van der Waals surface area (Å²) in [4.78, 5) is 7.12. The van der Waals surface area contributed by atoms with Gasteiger partial charge in [-0.05, 0) is 45.6 Å². The molecule has 1 fully saturated rings. The summed E-state index contributed by atoms with van der Waals surface area (Å²) in [6.45, 7) is 10.8. The van der Waals surface area contributed by atoms with Gasteiger partial charge >= 0.3 is 0 Å². The number of benzene rings is 1. The van der Waals surface area contributed by atoms with Crippen LogP contribution in [0.4, 0.5) is 0 Å². The largest absolute Gasteiger partial charge is 0.591 e. The molecule has 1 aromatic rings.